The molecule has 8 nitrogen and oxygen atoms in total. The van der Waals surface area contributed by atoms with Crippen molar-refractivity contribution >= 4 is 17.5 Å². The number of imidazole rings is 1. The second-order valence-electron chi connectivity index (χ2n) is 7.48. The number of nitrogens with zero attached hydrogens (tertiary/aromatic N) is 4. The first-order valence-electron chi connectivity index (χ1n) is 9.88. The van der Waals surface area contributed by atoms with E-state index in [0.717, 1.165) is 0 Å². The molecule has 1 fully saturated rings. The average molecular weight is 431 g/mol. The molecule has 0 radical (unpaired) electrons. The molecule has 2 heterocycles. The van der Waals surface area contributed by atoms with Crippen LogP contribution in [-0.4, -0.2) is 42.8 Å². The summed E-state index contributed by atoms with van der Waals surface area (Å²) in [4.78, 5) is 24.6. The summed E-state index contributed by atoms with van der Waals surface area (Å²) < 4.78 is 14.9. The fourth-order valence-corrected chi connectivity index (χ4v) is 2.92. The standard InChI is InChI=1S/C22H25FN6O2.Li/c1-6-18(30)13(3)7-12(2)14(4)27-21-20(29(5)11-26-21)17-9-19(25-10-24-17)28-22(31)15-8-16(15)23;/h3-4,7,9-11,15-16,18,27,30H,6,8H2,1-2,5H3,(H,24,25,28,31);/q-2;+1/b12-7-;/t15-,16+,18?;/m0./s1. The minimum Gasteiger partial charge on any atom is -0.392 e. The van der Waals surface area contributed by atoms with Crippen LogP contribution in [0.3, 0.4) is 0 Å². The number of hydrogen-bond donors (Lipinski definition) is 3. The van der Waals surface area contributed by atoms with Gasteiger partial charge in [-0.2, -0.15) is 5.70 Å². The van der Waals surface area contributed by atoms with Gasteiger partial charge in [-0.05, 0) is 12.8 Å². The average Bonchev–Trinajstić information content (AvgIpc) is 3.37. The zero-order chi connectivity index (χ0) is 22.7. The van der Waals surface area contributed by atoms with E-state index in [2.05, 4.69) is 25.6 Å². The summed E-state index contributed by atoms with van der Waals surface area (Å²) in [6.45, 7) is 15.6. The number of rotatable bonds is 9. The van der Waals surface area contributed by atoms with Crippen molar-refractivity contribution < 1.29 is 33.2 Å². The van der Waals surface area contributed by atoms with Crippen molar-refractivity contribution in [1.29, 1.82) is 0 Å². The first-order valence-corrected chi connectivity index (χ1v) is 9.88. The van der Waals surface area contributed by atoms with E-state index in [1.165, 1.54) is 6.33 Å². The van der Waals surface area contributed by atoms with Crippen LogP contribution in [0, 0.1) is 19.1 Å². The molecule has 0 spiro atoms. The number of halogens is 1. The van der Waals surface area contributed by atoms with Crippen LogP contribution in [0.1, 0.15) is 26.7 Å². The van der Waals surface area contributed by atoms with Crippen LogP contribution in [0.2, 0.25) is 0 Å². The van der Waals surface area contributed by atoms with Gasteiger partial charge in [0.05, 0.1) is 17.9 Å². The smallest absolute Gasteiger partial charge is 0.392 e. The fraction of sp³-hybridized carbons (Fsp3) is 0.364. The third kappa shape index (κ3) is 5.94. The number of anilines is 2. The van der Waals surface area contributed by atoms with Crippen LogP contribution in [-0.2, 0) is 11.8 Å². The molecule has 3 atom stereocenters. The van der Waals surface area contributed by atoms with E-state index in [-0.39, 0.29) is 31.1 Å². The molecular formula is C22H25FLiN6O2-. The Morgan fingerprint density at radius 3 is 2.69 bits per heavy atom. The quantitative estimate of drug-likeness (QED) is 0.293. The van der Waals surface area contributed by atoms with Crippen LogP contribution >= 0.6 is 0 Å². The Kier molecular flexibility index (Phi) is 8.56. The maximum absolute atomic E-state index is 13.1. The maximum Gasteiger partial charge on any atom is 1.00 e. The molecule has 1 aliphatic carbocycles. The number of aromatic nitrogens is 4. The fourth-order valence-electron chi connectivity index (χ4n) is 2.92. The first-order chi connectivity index (χ1) is 14.7. The largest absolute Gasteiger partial charge is 1.00 e. The normalized spacial score (nSPS) is 18.3. The van der Waals surface area contributed by atoms with Gasteiger partial charge in [0.25, 0.3) is 0 Å². The molecule has 0 saturated heterocycles. The summed E-state index contributed by atoms with van der Waals surface area (Å²) >= 11 is 0. The number of carbonyl (C=O) groups excluding carboxylic acids is 1. The molecule has 32 heavy (non-hydrogen) atoms. The zero-order valence-corrected chi connectivity index (χ0v) is 18.6. The number of aliphatic hydroxyl groups is 1. The van der Waals surface area contributed by atoms with Crippen LogP contribution in [0.25, 0.3) is 11.4 Å². The summed E-state index contributed by atoms with van der Waals surface area (Å²) in [5.74, 6) is -0.316. The summed E-state index contributed by atoms with van der Waals surface area (Å²) in [6, 6.07) is 1.58. The van der Waals surface area contributed by atoms with Crippen LogP contribution in [0.15, 0.2) is 41.6 Å². The van der Waals surface area contributed by atoms with Gasteiger partial charge in [0.2, 0.25) is 5.91 Å². The van der Waals surface area contributed by atoms with Crippen molar-refractivity contribution in [1.82, 2.24) is 19.5 Å². The Hall–Kier alpha value is -2.73. The van der Waals surface area contributed by atoms with Gasteiger partial charge in [0, 0.05) is 19.2 Å². The molecule has 3 N–H and O–H groups in total. The molecule has 164 valence electrons. The molecule has 3 rings (SSSR count). The van der Waals surface area contributed by atoms with Gasteiger partial charge in [-0.15, -0.1) is 6.92 Å². The third-order valence-corrected chi connectivity index (χ3v) is 4.98. The van der Waals surface area contributed by atoms with E-state index in [0.29, 0.717) is 40.5 Å². The van der Waals surface area contributed by atoms with Gasteiger partial charge in [0.15, 0.2) is 5.82 Å². The predicted molar refractivity (Wildman–Crippen MR) is 115 cm³/mol. The number of alkyl halides is 1. The number of amides is 1. The summed E-state index contributed by atoms with van der Waals surface area (Å²) in [5, 5.41) is 15.5. The number of aliphatic hydroxyl groups excluding tert-OH is 1. The van der Waals surface area contributed by atoms with E-state index >= 15 is 0 Å². The SMILES string of the molecule is [CH-]=C(Nc1ncn(C)c1-c1cc(NC(=O)[C@H]2C[C@H]2F)ncn1)/C(C)=C\C(=[CH-])C(O)CC.[Li+]. The summed E-state index contributed by atoms with van der Waals surface area (Å²) in [5.41, 5.74) is 2.34. The van der Waals surface area contributed by atoms with Crippen molar-refractivity contribution in [3.63, 3.8) is 0 Å². The molecular weight excluding hydrogens is 406 g/mol. The number of allylic oxidation sites excluding steroid dienone is 1. The van der Waals surface area contributed by atoms with Gasteiger partial charge >= 0.3 is 18.9 Å². The minimum absolute atomic E-state index is 0. The monoisotopic (exact) mass is 431 g/mol. The van der Waals surface area contributed by atoms with E-state index in [1.54, 1.807) is 37.0 Å². The van der Waals surface area contributed by atoms with E-state index in [9.17, 15) is 14.3 Å². The summed E-state index contributed by atoms with van der Waals surface area (Å²) in [7, 11) is 1.79. The van der Waals surface area contributed by atoms with Gasteiger partial charge in [-0.25, -0.2) is 24.9 Å². The molecule has 0 aliphatic heterocycles. The molecule has 2 aromatic heterocycles. The van der Waals surface area contributed by atoms with Gasteiger partial charge in [-0.1, -0.05) is 6.92 Å². The summed E-state index contributed by atoms with van der Waals surface area (Å²) in [6.07, 6.45) is 3.39. The number of aryl methyl sites for hydroxylation is 1. The van der Waals surface area contributed by atoms with Crippen molar-refractivity contribution in [3.8, 4) is 11.4 Å². The van der Waals surface area contributed by atoms with Crippen LogP contribution in [0.5, 0.6) is 0 Å². The number of hydrogen-bond acceptors (Lipinski definition) is 6. The molecule has 1 aliphatic rings. The Morgan fingerprint density at radius 1 is 1.38 bits per heavy atom. The zero-order valence-electron chi connectivity index (χ0n) is 18.6. The maximum atomic E-state index is 13.1. The van der Waals surface area contributed by atoms with Crippen LogP contribution in [0.4, 0.5) is 16.0 Å². The third-order valence-electron chi connectivity index (χ3n) is 4.98. The van der Waals surface area contributed by atoms with Crippen molar-refractivity contribution in [2.24, 2.45) is 13.0 Å². The van der Waals surface area contributed by atoms with Crippen molar-refractivity contribution in [2.45, 2.75) is 39.0 Å². The minimum atomic E-state index is -1.09. The molecule has 2 aromatic rings. The molecule has 10 heteroatoms. The van der Waals surface area contributed by atoms with Crippen LogP contribution < -0.4 is 29.5 Å². The number of carbonyl (C=O) groups is 1. The van der Waals surface area contributed by atoms with E-state index in [1.807, 2.05) is 6.92 Å². The molecule has 1 amide bonds. The molecule has 0 aromatic carbocycles. The van der Waals surface area contributed by atoms with Gasteiger partial charge in [0.1, 0.15) is 24.0 Å². The predicted octanol–water partition coefficient (Wildman–Crippen LogP) is -0.0170. The molecule has 0 bridgehead atoms. The van der Waals surface area contributed by atoms with E-state index < -0.39 is 24.1 Å². The Morgan fingerprint density at radius 2 is 2.06 bits per heavy atom. The first kappa shape index (κ1) is 25.5. The van der Waals surface area contributed by atoms with Gasteiger partial charge < -0.3 is 20.3 Å². The van der Waals surface area contributed by atoms with Crippen molar-refractivity contribution in [2.75, 3.05) is 10.6 Å². The molecule has 1 saturated carbocycles. The topological polar surface area (TPSA) is 105 Å². The second kappa shape index (κ2) is 10.7. The number of nitrogens with one attached hydrogen (secondary N) is 2. The van der Waals surface area contributed by atoms with E-state index in [4.69, 9.17) is 13.2 Å². The molecule has 1 unspecified atom stereocenters. The second-order valence-corrected chi connectivity index (χ2v) is 7.48. The van der Waals surface area contributed by atoms with Crippen molar-refractivity contribution in [3.05, 3.63) is 54.8 Å². The Balaban J connectivity index is 0.00000363. The van der Waals surface area contributed by atoms with Gasteiger partial charge in [-0.3, -0.25) is 29.6 Å². The Labute approximate surface area is 198 Å². The Bertz CT molecular complexity index is 1050.